The van der Waals surface area contributed by atoms with Crippen LogP contribution in [0.3, 0.4) is 0 Å². The van der Waals surface area contributed by atoms with Gasteiger partial charge in [-0.2, -0.15) is 0 Å². The molecule has 16 heavy (non-hydrogen) atoms. The van der Waals surface area contributed by atoms with Crippen LogP contribution in [0.2, 0.25) is 5.02 Å². The van der Waals surface area contributed by atoms with Crippen LogP contribution in [0.4, 0.5) is 5.69 Å². The average Bonchev–Trinajstić information content (AvgIpc) is 2.25. The summed E-state index contributed by atoms with van der Waals surface area (Å²) in [5.74, 6) is 0.600. The van der Waals surface area contributed by atoms with Crippen molar-refractivity contribution < 1.29 is 4.74 Å². The number of hydrogen-bond donors (Lipinski definition) is 1. The second kappa shape index (κ2) is 7.47. The van der Waals surface area contributed by atoms with Crippen LogP contribution < -0.4 is 5.32 Å². The molecule has 0 aliphatic heterocycles. The zero-order chi connectivity index (χ0) is 11.8. The van der Waals surface area contributed by atoms with Crippen molar-refractivity contribution in [1.82, 2.24) is 4.98 Å². The van der Waals surface area contributed by atoms with Crippen LogP contribution in [-0.2, 0) is 4.74 Å². The number of nitrogens with one attached hydrogen (secondary N) is 1. The van der Waals surface area contributed by atoms with Gasteiger partial charge in [-0.1, -0.05) is 25.4 Å². The van der Waals surface area contributed by atoms with Gasteiger partial charge in [-0.15, -0.1) is 0 Å². The molecular weight excluding hydrogens is 224 g/mol. The molecule has 1 rings (SSSR count). The molecule has 0 amide bonds. The van der Waals surface area contributed by atoms with Gasteiger partial charge in [0.25, 0.3) is 0 Å². The van der Waals surface area contributed by atoms with Gasteiger partial charge < -0.3 is 10.1 Å². The maximum Gasteiger partial charge on any atom is 0.0820 e. The van der Waals surface area contributed by atoms with Crippen molar-refractivity contribution in [2.24, 2.45) is 5.92 Å². The van der Waals surface area contributed by atoms with E-state index in [0.29, 0.717) is 10.9 Å². The molecular formula is C12H19ClN2O. The maximum absolute atomic E-state index is 5.95. The summed E-state index contributed by atoms with van der Waals surface area (Å²) in [4.78, 5) is 3.93. The number of rotatable bonds is 7. The van der Waals surface area contributed by atoms with Crippen molar-refractivity contribution in [2.75, 3.05) is 25.1 Å². The first-order valence-electron chi connectivity index (χ1n) is 5.61. The van der Waals surface area contributed by atoms with E-state index in [1.165, 1.54) is 0 Å². The van der Waals surface area contributed by atoms with E-state index in [-0.39, 0.29) is 0 Å². The van der Waals surface area contributed by atoms with E-state index in [1.807, 2.05) is 6.07 Å². The van der Waals surface area contributed by atoms with Gasteiger partial charge in [0.15, 0.2) is 0 Å². The van der Waals surface area contributed by atoms with Gasteiger partial charge in [-0.3, -0.25) is 4.98 Å². The summed E-state index contributed by atoms with van der Waals surface area (Å²) in [5.41, 5.74) is 0.931. The molecule has 0 aromatic carbocycles. The summed E-state index contributed by atoms with van der Waals surface area (Å²) in [5, 5.41) is 3.91. The fraction of sp³-hybridized carbons (Fsp3) is 0.583. The van der Waals surface area contributed by atoms with Crippen molar-refractivity contribution in [3.8, 4) is 0 Å². The molecule has 0 spiro atoms. The zero-order valence-corrected chi connectivity index (χ0v) is 10.6. The summed E-state index contributed by atoms with van der Waals surface area (Å²) in [7, 11) is 0. The van der Waals surface area contributed by atoms with Crippen molar-refractivity contribution in [3.05, 3.63) is 23.5 Å². The summed E-state index contributed by atoms with van der Waals surface area (Å²) >= 11 is 5.95. The first-order valence-corrected chi connectivity index (χ1v) is 5.99. The first-order chi connectivity index (χ1) is 7.70. The van der Waals surface area contributed by atoms with E-state index < -0.39 is 0 Å². The third-order valence-corrected chi connectivity index (χ3v) is 2.31. The highest BCUT2D eigenvalue weighted by atomic mass is 35.5. The van der Waals surface area contributed by atoms with Gasteiger partial charge in [0, 0.05) is 32.2 Å². The predicted molar refractivity (Wildman–Crippen MR) is 68.0 cm³/mol. The van der Waals surface area contributed by atoms with Crippen LogP contribution in [0.5, 0.6) is 0 Å². The number of pyridine rings is 1. The fourth-order valence-electron chi connectivity index (χ4n) is 1.23. The lowest BCUT2D eigenvalue weighted by atomic mass is 10.2. The van der Waals surface area contributed by atoms with Crippen LogP contribution in [0.25, 0.3) is 0 Å². The van der Waals surface area contributed by atoms with Gasteiger partial charge in [-0.05, 0) is 18.4 Å². The Balaban J connectivity index is 2.10. The molecule has 4 heteroatoms. The second-order valence-electron chi connectivity index (χ2n) is 4.10. The summed E-state index contributed by atoms with van der Waals surface area (Å²) in [6.45, 7) is 6.77. The minimum Gasteiger partial charge on any atom is -0.384 e. The molecule has 1 heterocycles. The monoisotopic (exact) mass is 242 g/mol. The molecule has 90 valence electrons. The third-order valence-electron chi connectivity index (χ3n) is 2.00. The van der Waals surface area contributed by atoms with Gasteiger partial charge >= 0.3 is 0 Å². The molecule has 0 aliphatic rings. The van der Waals surface area contributed by atoms with E-state index in [4.69, 9.17) is 16.3 Å². The molecule has 0 fully saturated rings. The molecule has 0 saturated carbocycles. The zero-order valence-electron chi connectivity index (χ0n) is 9.87. The highest BCUT2D eigenvalue weighted by Gasteiger charge is 1.98. The molecule has 1 aromatic heterocycles. The van der Waals surface area contributed by atoms with Gasteiger partial charge in [-0.25, -0.2) is 0 Å². The summed E-state index contributed by atoms with van der Waals surface area (Å²) in [6, 6.07) is 1.87. The largest absolute Gasteiger partial charge is 0.384 e. The van der Waals surface area contributed by atoms with Crippen molar-refractivity contribution in [2.45, 2.75) is 20.3 Å². The Morgan fingerprint density at radius 3 is 3.00 bits per heavy atom. The quantitative estimate of drug-likeness (QED) is 0.746. The van der Waals surface area contributed by atoms with Gasteiger partial charge in [0.2, 0.25) is 0 Å². The lowest BCUT2D eigenvalue weighted by molar-refractivity contribution is 0.110. The van der Waals surface area contributed by atoms with Crippen LogP contribution in [-0.4, -0.2) is 24.7 Å². The Hall–Kier alpha value is -0.800. The molecule has 3 nitrogen and oxygen atoms in total. The Kier molecular flexibility index (Phi) is 6.19. The van der Waals surface area contributed by atoms with Crippen LogP contribution >= 0.6 is 11.6 Å². The highest BCUT2D eigenvalue weighted by molar-refractivity contribution is 6.33. The smallest absolute Gasteiger partial charge is 0.0820 e. The van der Waals surface area contributed by atoms with Crippen molar-refractivity contribution in [3.63, 3.8) is 0 Å². The topological polar surface area (TPSA) is 34.1 Å². The minimum atomic E-state index is 0.600. The molecule has 0 saturated heterocycles. The van der Waals surface area contributed by atoms with E-state index in [0.717, 1.165) is 31.9 Å². The lowest BCUT2D eigenvalue weighted by Gasteiger charge is -2.09. The molecule has 0 atom stereocenters. The predicted octanol–water partition coefficient (Wildman–Crippen LogP) is 3.21. The molecule has 0 unspecified atom stereocenters. The fourth-order valence-corrected chi connectivity index (χ4v) is 1.42. The first kappa shape index (κ1) is 13.3. The van der Waals surface area contributed by atoms with Crippen LogP contribution in [0, 0.1) is 5.92 Å². The van der Waals surface area contributed by atoms with E-state index >= 15 is 0 Å². The van der Waals surface area contributed by atoms with E-state index in [1.54, 1.807) is 12.4 Å². The number of halogens is 1. The van der Waals surface area contributed by atoms with Crippen LogP contribution in [0.15, 0.2) is 18.5 Å². The Morgan fingerprint density at radius 2 is 2.31 bits per heavy atom. The normalized spacial score (nSPS) is 10.8. The van der Waals surface area contributed by atoms with Crippen molar-refractivity contribution >= 4 is 17.3 Å². The minimum absolute atomic E-state index is 0.600. The Bertz CT molecular complexity index is 305. The Labute approximate surface area is 102 Å². The van der Waals surface area contributed by atoms with Crippen LogP contribution in [0.1, 0.15) is 20.3 Å². The average molecular weight is 243 g/mol. The van der Waals surface area contributed by atoms with Gasteiger partial charge in [0.1, 0.15) is 0 Å². The molecule has 0 bridgehead atoms. The molecule has 0 aliphatic carbocycles. The summed E-state index contributed by atoms with van der Waals surface area (Å²) < 4.78 is 5.48. The van der Waals surface area contributed by atoms with Gasteiger partial charge in [0.05, 0.1) is 10.7 Å². The number of anilines is 1. The van der Waals surface area contributed by atoms with E-state index in [2.05, 4.69) is 24.1 Å². The number of nitrogens with zero attached hydrogens (tertiary/aromatic N) is 1. The highest BCUT2D eigenvalue weighted by Crippen LogP contribution is 2.18. The lowest BCUT2D eigenvalue weighted by Crippen LogP contribution is -2.08. The maximum atomic E-state index is 5.95. The third kappa shape index (κ3) is 5.33. The molecule has 0 radical (unpaired) electrons. The number of hydrogen-bond acceptors (Lipinski definition) is 3. The number of ether oxygens (including phenoxy) is 1. The second-order valence-corrected chi connectivity index (χ2v) is 4.51. The SMILES string of the molecule is CC(C)COCCCNc1ccncc1Cl. The molecule has 1 N–H and O–H groups in total. The standard InChI is InChI=1S/C12H19ClN2O/c1-10(2)9-16-7-3-5-15-12-4-6-14-8-11(12)13/h4,6,8,10H,3,5,7,9H2,1-2H3,(H,14,15). The Morgan fingerprint density at radius 1 is 1.50 bits per heavy atom. The van der Waals surface area contributed by atoms with Crippen molar-refractivity contribution in [1.29, 1.82) is 0 Å². The molecule has 1 aromatic rings. The van der Waals surface area contributed by atoms with E-state index in [9.17, 15) is 0 Å². The summed E-state index contributed by atoms with van der Waals surface area (Å²) in [6.07, 6.45) is 4.34. The number of aromatic nitrogens is 1.